The first kappa shape index (κ1) is 18.5. The molecule has 24 heavy (non-hydrogen) atoms. The van der Waals surface area contributed by atoms with Gasteiger partial charge in [0.05, 0.1) is 18.9 Å². The zero-order valence-electron chi connectivity index (χ0n) is 15.0. The van der Waals surface area contributed by atoms with Crippen LogP contribution >= 0.6 is 0 Å². The van der Waals surface area contributed by atoms with Crippen LogP contribution in [0.15, 0.2) is 18.3 Å². The van der Waals surface area contributed by atoms with Gasteiger partial charge in [0.2, 0.25) is 0 Å². The van der Waals surface area contributed by atoms with Crippen LogP contribution in [0.1, 0.15) is 13.3 Å². The summed E-state index contributed by atoms with van der Waals surface area (Å²) >= 11 is 0. The van der Waals surface area contributed by atoms with Crippen LogP contribution in [0.2, 0.25) is 0 Å². The van der Waals surface area contributed by atoms with Crippen molar-refractivity contribution < 1.29 is 9.53 Å². The van der Waals surface area contributed by atoms with Crippen LogP contribution in [-0.2, 0) is 4.74 Å². The van der Waals surface area contributed by atoms with E-state index in [1.165, 1.54) is 0 Å². The second-order valence-corrected chi connectivity index (χ2v) is 6.14. The van der Waals surface area contributed by atoms with Gasteiger partial charge in [-0.15, -0.1) is 0 Å². The monoisotopic (exact) mass is 335 g/mol. The molecule has 0 spiro atoms. The molecule has 0 unspecified atom stereocenters. The molecule has 1 aromatic rings. The molecule has 1 N–H and O–H groups in total. The number of anilines is 2. The lowest BCUT2D eigenvalue weighted by molar-refractivity contribution is 0.122. The minimum absolute atomic E-state index is 0.0706. The average molecular weight is 335 g/mol. The van der Waals surface area contributed by atoms with Gasteiger partial charge < -0.3 is 24.8 Å². The van der Waals surface area contributed by atoms with Gasteiger partial charge in [-0.3, -0.25) is 0 Å². The molecule has 0 atom stereocenters. The van der Waals surface area contributed by atoms with E-state index < -0.39 is 0 Å². The van der Waals surface area contributed by atoms with Crippen LogP contribution in [0.3, 0.4) is 0 Å². The zero-order valence-corrected chi connectivity index (χ0v) is 15.0. The molecule has 0 radical (unpaired) electrons. The number of nitrogens with one attached hydrogen (secondary N) is 1. The van der Waals surface area contributed by atoms with E-state index in [0.717, 1.165) is 44.1 Å². The number of pyridine rings is 1. The number of hydrogen-bond acceptors (Lipinski definition) is 5. The van der Waals surface area contributed by atoms with Gasteiger partial charge in [-0.25, -0.2) is 9.78 Å². The van der Waals surface area contributed by atoms with Gasteiger partial charge in [-0.05, 0) is 46.1 Å². The third-order valence-corrected chi connectivity index (χ3v) is 4.04. The Morgan fingerprint density at radius 1 is 1.33 bits per heavy atom. The lowest BCUT2D eigenvalue weighted by Crippen LogP contribution is -2.39. The van der Waals surface area contributed by atoms with E-state index in [-0.39, 0.29) is 6.03 Å². The lowest BCUT2D eigenvalue weighted by Gasteiger charge is -2.30. The van der Waals surface area contributed by atoms with Crippen molar-refractivity contribution >= 4 is 17.5 Å². The molecule has 1 aliphatic heterocycles. The van der Waals surface area contributed by atoms with E-state index in [0.29, 0.717) is 19.8 Å². The molecule has 1 aromatic heterocycles. The Bertz CT molecular complexity index is 517. The number of ether oxygens (including phenoxy) is 1. The maximum Gasteiger partial charge on any atom is 0.321 e. The summed E-state index contributed by atoms with van der Waals surface area (Å²) in [6, 6.07) is 3.68. The Morgan fingerprint density at radius 3 is 2.75 bits per heavy atom. The van der Waals surface area contributed by atoms with Gasteiger partial charge in [-0.1, -0.05) is 0 Å². The SMILES string of the molecule is CCN(CCCN(C)C)C(=O)Nc1cccnc1N1CCOCC1. The second kappa shape index (κ2) is 9.44. The summed E-state index contributed by atoms with van der Waals surface area (Å²) < 4.78 is 5.39. The summed E-state index contributed by atoms with van der Waals surface area (Å²) in [5.74, 6) is 0.818. The standard InChI is InChI=1S/C17H29N5O2/c1-4-21(10-6-9-20(2)3)17(23)19-15-7-5-8-18-16(15)22-11-13-24-14-12-22/h5,7-8H,4,6,9-14H2,1-3H3,(H,19,23). The van der Waals surface area contributed by atoms with Crippen molar-refractivity contribution in [3.8, 4) is 0 Å². The third-order valence-electron chi connectivity index (χ3n) is 4.04. The molecule has 1 aliphatic rings. The molecule has 2 amide bonds. The molecule has 1 fully saturated rings. The van der Waals surface area contributed by atoms with E-state index in [1.54, 1.807) is 6.20 Å². The number of amides is 2. The third kappa shape index (κ3) is 5.35. The number of aromatic nitrogens is 1. The molecule has 2 rings (SSSR count). The Morgan fingerprint density at radius 2 is 2.08 bits per heavy atom. The van der Waals surface area contributed by atoms with E-state index >= 15 is 0 Å². The highest BCUT2D eigenvalue weighted by molar-refractivity contribution is 5.92. The predicted molar refractivity (Wildman–Crippen MR) is 96.7 cm³/mol. The van der Waals surface area contributed by atoms with Gasteiger partial charge in [0.15, 0.2) is 5.82 Å². The molecular weight excluding hydrogens is 306 g/mol. The minimum atomic E-state index is -0.0706. The fourth-order valence-corrected chi connectivity index (χ4v) is 2.70. The van der Waals surface area contributed by atoms with Crippen LogP contribution in [0.4, 0.5) is 16.3 Å². The van der Waals surface area contributed by atoms with Gasteiger partial charge in [-0.2, -0.15) is 0 Å². The number of urea groups is 1. The Labute approximate surface area is 144 Å². The molecule has 7 heteroatoms. The molecule has 2 heterocycles. The number of carbonyl (C=O) groups is 1. The first-order chi connectivity index (χ1) is 11.6. The Kier molecular flexibility index (Phi) is 7.27. The fraction of sp³-hybridized carbons (Fsp3) is 0.647. The molecule has 0 saturated carbocycles. The Hall–Kier alpha value is -1.86. The number of hydrogen-bond donors (Lipinski definition) is 1. The van der Waals surface area contributed by atoms with Crippen molar-refractivity contribution in [2.75, 3.05) is 70.2 Å². The highest BCUT2D eigenvalue weighted by Crippen LogP contribution is 2.23. The normalized spacial score (nSPS) is 14.8. The fourth-order valence-electron chi connectivity index (χ4n) is 2.70. The van der Waals surface area contributed by atoms with E-state index in [9.17, 15) is 4.79 Å². The second-order valence-electron chi connectivity index (χ2n) is 6.14. The average Bonchev–Trinajstić information content (AvgIpc) is 2.59. The first-order valence-electron chi connectivity index (χ1n) is 8.60. The maximum atomic E-state index is 12.6. The van der Waals surface area contributed by atoms with Crippen molar-refractivity contribution in [2.24, 2.45) is 0 Å². The van der Waals surface area contributed by atoms with Crippen LogP contribution < -0.4 is 10.2 Å². The zero-order chi connectivity index (χ0) is 17.4. The molecule has 0 bridgehead atoms. The summed E-state index contributed by atoms with van der Waals surface area (Å²) in [6.45, 7) is 7.36. The van der Waals surface area contributed by atoms with Crippen LogP contribution in [-0.4, -0.2) is 80.8 Å². The van der Waals surface area contributed by atoms with E-state index in [4.69, 9.17) is 4.74 Å². The van der Waals surface area contributed by atoms with Crippen LogP contribution in [0.5, 0.6) is 0 Å². The van der Waals surface area contributed by atoms with Crippen molar-refractivity contribution in [1.82, 2.24) is 14.8 Å². The smallest absolute Gasteiger partial charge is 0.321 e. The van der Waals surface area contributed by atoms with E-state index in [1.807, 2.05) is 38.1 Å². The van der Waals surface area contributed by atoms with Crippen molar-refractivity contribution in [1.29, 1.82) is 0 Å². The van der Waals surface area contributed by atoms with Gasteiger partial charge >= 0.3 is 6.03 Å². The summed E-state index contributed by atoms with van der Waals surface area (Å²) in [5.41, 5.74) is 0.760. The quantitative estimate of drug-likeness (QED) is 0.822. The van der Waals surface area contributed by atoms with Crippen molar-refractivity contribution in [3.63, 3.8) is 0 Å². The molecule has 134 valence electrons. The van der Waals surface area contributed by atoms with Crippen molar-refractivity contribution in [2.45, 2.75) is 13.3 Å². The van der Waals surface area contributed by atoms with Crippen LogP contribution in [0.25, 0.3) is 0 Å². The number of rotatable bonds is 7. The van der Waals surface area contributed by atoms with E-state index in [2.05, 4.69) is 20.1 Å². The van der Waals surface area contributed by atoms with Gasteiger partial charge in [0.25, 0.3) is 0 Å². The molecule has 7 nitrogen and oxygen atoms in total. The van der Waals surface area contributed by atoms with Crippen LogP contribution in [0, 0.1) is 0 Å². The highest BCUT2D eigenvalue weighted by Gasteiger charge is 2.19. The molecule has 0 aromatic carbocycles. The summed E-state index contributed by atoms with van der Waals surface area (Å²) in [6.07, 6.45) is 2.72. The molecule has 0 aliphatic carbocycles. The molecule has 1 saturated heterocycles. The van der Waals surface area contributed by atoms with Crippen molar-refractivity contribution in [3.05, 3.63) is 18.3 Å². The summed E-state index contributed by atoms with van der Waals surface area (Å²) in [5, 5.41) is 3.03. The largest absolute Gasteiger partial charge is 0.378 e. The molecular formula is C17H29N5O2. The predicted octanol–water partition coefficient (Wildman–Crippen LogP) is 1.72. The number of carbonyl (C=O) groups excluding carboxylic acids is 1. The first-order valence-corrected chi connectivity index (χ1v) is 8.60. The van der Waals surface area contributed by atoms with Gasteiger partial charge in [0.1, 0.15) is 0 Å². The summed E-state index contributed by atoms with van der Waals surface area (Å²) in [7, 11) is 4.08. The highest BCUT2D eigenvalue weighted by atomic mass is 16.5. The number of morpholine rings is 1. The Balaban J connectivity index is 1.99. The lowest BCUT2D eigenvalue weighted by atomic mass is 10.3. The summed E-state index contributed by atoms with van der Waals surface area (Å²) in [4.78, 5) is 23.2. The number of nitrogens with zero attached hydrogens (tertiary/aromatic N) is 4. The van der Waals surface area contributed by atoms with Gasteiger partial charge in [0, 0.05) is 32.4 Å². The topological polar surface area (TPSA) is 60.9 Å². The minimum Gasteiger partial charge on any atom is -0.378 e. The maximum absolute atomic E-state index is 12.6.